The third kappa shape index (κ3) is 4.48. The van der Waals surface area contributed by atoms with Crippen LogP contribution in [0.2, 0.25) is 0 Å². The van der Waals surface area contributed by atoms with Gasteiger partial charge in [0.25, 0.3) is 0 Å². The van der Waals surface area contributed by atoms with Crippen LogP contribution >= 0.6 is 0 Å². The van der Waals surface area contributed by atoms with Gasteiger partial charge in [-0.25, -0.2) is 4.79 Å². The third-order valence-corrected chi connectivity index (χ3v) is 4.33. The molecule has 5 nitrogen and oxygen atoms in total. The van der Waals surface area contributed by atoms with Gasteiger partial charge >= 0.3 is 12.0 Å². The molecule has 0 saturated heterocycles. The number of carboxylic acids is 1. The summed E-state index contributed by atoms with van der Waals surface area (Å²) < 4.78 is 0. The SMILES string of the molecule is CCC(NC(=O)NC1CCC(C(=O)O)CC1)c1ccccc1. The minimum absolute atomic E-state index is 0.00319. The zero-order valence-corrected chi connectivity index (χ0v) is 12.9. The van der Waals surface area contributed by atoms with Crippen LogP contribution in [0.25, 0.3) is 0 Å². The lowest BCUT2D eigenvalue weighted by Crippen LogP contribution is -2.45. The van der Waals surface area contributed by atoms with Crippen LogP contribution in [0.5, 0.6) is 0 Å². The molecule has 0 aliphatic heterocycles. The summed E-state index contributed by atoms with van der Waals surface area (Å²) in [6, 6.07) is 9.79. The van der Waals surface area contributed by atoms with E-state index in [-0.39, 0.29) is 24.0 Å². The smallest absolute Gasteiger partial charge is 0.315 e. The number of hydrogen-bond acceptors (Lipinski definition) is 2. The van der Waals surface area contributed by atoms with Crippen molar-refractivity contribution >= 4 is 12.0 Å². The first-order valence-corrected chi connectivity index (χ1v) is 7.95. The summed E-state index contributed by atoms with van der Waals surface area (Å²) in [4.78, 5) is 23.1. The lowest BCUT2D eigenvalue weighted by atomic mass is 9.86. The first-order valence-electron chi connectivity index (χ1n) is 7.95. The molecule has 0 spiro atoms. The van der Waals surface area contributed by atoms with Crippen LogP contribution in [0, 0.1) is 5.92 Å². The van der Waals surface area contributed by atoms with Crippen LogP contribution in [0.4, 0.5) is 4.79 Å². The van der Waals surface area contributed by atoms with E-state index in [0.29, 0.717) is 12.8 Å². The normalized spacial score (nSPS) is 22.6. The van der Waals surface area contributed by atoms with Crippen molar-refractivity contribution in [3.8, 4) is 0 Å². The van der Waals surface area contributed by atoms with Crippen molar-refractivity contribution in [1.29, 1.82) is 0 Å². The van der Waals surface area contributed by atoms with Crippen molar-refractivity contribution in [3.63, 3.8) is 0 Å². The van der Waals surface area contributed by atoms with E-state index < -0.39 is 5.97 Å². The summed E-state index contributed by atoms with van der Waals surface area (Å²) in [7, 11) is 0. The molecule has 1 aromatic carbocycles. The second-order valence-corrected chi connectivity index (χ2v) is 5.88. The number of aliphatic carboxylic acids is 1. The zero-order chi connectivity index (χ0) is 15.9. The summed E-state index contributed by atoms with van der Waals surface area (Å²) in [5.74, 6) is -0.980. The van der Waals surface area contributed by atoms with Crippen molar-refractivity contribution in [1.82, 2.24) is 10.6 Å². The monoisotopic (exact) mass is 304 g/mol. The fourth-order valence-corrected chi connectivity index (χ4v) is 2.98. The minimum atomic E-state index is -0.724. The first kappa shape index (κ1) is 16.3. The molecule has 0 radical (unpaired) electrons. The van der Waals surface area contributed by atoms with E-state index in [0.717, 1.165) is 24.8 Å². The van der Waals surface area contributed by atoms with E-state index in [1.54, 1.807) is 0 Å². The maximum atomic E-state index is 12.1. The molecule has 1 aliphatic carbocycles. The predicted molar refractivity (Wildman–Crippen MR) is 84.5 cm³/mol. The van der Waals surface area contributed by atoms with Crippen molar-refractivity contribution in [2.24, 2.45) is 5.92 Å². The quantitative estimate of drug-likeness (QED) is 0.782. The highest BCUT2D eigenvalue weighted by Crippen LogP contribution is 2.24. The molecule has 1 saturated carbocycles. The number of nitrogens with one attached hydrogen (secondary N) is 2. The molecular formula is C17H24N2O3. The Morgan fingerprint density at radius 3 is 2.36 bits per heavy atom. The van der Waals surface area contributed by atoms with Gasteiger partial charge in [-0.15, -0.1) is 0 Å². The molecule has 120 valence electrons. The Balaban J connectivity index is 1.81. The molecular weight excluding hydrogens is 280 g/mol. The Morgan fingerprint density at radius 1 is 1.18 bits per heavy atom. The fraction of sp³-hybridized carbons (Fsp3) is 0.529. The van der Waals surface area contributed by atoms with Gasteiger partial charge in [0, 0.05) is 6.04 Å². The second kappa shape index (κ2) is 7.82. The van der Waals surface area contributed by atoms with Crippen LogP contribution in [0.1, 0.15) is 50.6 Å². The number of rotatable bonds is 5. The number of carbonyl (C=O) groups excluding carboxylic acids is 1. The molecule has 1 unspecified atom stereocenters. The molecule has 3 N–H and O–H groups in total. The number of amides is 2. The van der Waals surface area contributed by atoms with Crippen LogP contribution < -0.4 is 10.6 Å². The highest BCUT2D eigenvalue weighted by molar-refractivity contribution is 5.75. The van der Waals surface area contributed by atoms with Gasteiger partial charge in [0.05, 0.1) is 12.0 Å². The van der Waals surface area contributed by atoms with Gasteiger partial charge in [-0.1, -0.05) is 37.3 Å². The molecule has 1 atom stereocenters. The van der Waals surface area contributed by atoms with Crippen LogP contribution in [0.3, 0.4) is 0 Å². The molecule has 0 bridgehead atoms. The van der Waals surface area contributed by atoms with Crippen molar-refractivity contribution in [2.75, 3.05) is 0 Å². The average molecular weight is 304 g/mol. The Bertz CT molecular complexity index is 496. The summed E-state index contributed by atoms with van der Waals surface area (Å²) in [6.45, 7) is 2.04. The Kier molecular flexibility index (Phi) is 5.81. The van der Waals surface area contributed by atoms with E-state index in [1.165, 1.54) is 0 Å². The summed E-state index contributed by atoms with van der Waals surface area (Å²) in [5.41, 5.74) is 1.09. The van der Waals surface area contributed by atoms with Crippen LogP contribution in [-0.2, 0) is 4.79 Å². The van der Waals surface area contributed by atoms with Gasteiger partial charge in [-0.2, -0.15) is 0 Å². The van der Waals surface area contributed by atoms with Gasteiger partial charge in [-0.05, 0) is 37.7 Å². The number of hydrogen-bond donors (Lipinski definition) is 3. The maximum Gasteiger partial charge on any atom is 0.315 e. The highest BCUT2D eigenvalue weighted by atomic mass is 16.4. The third-order valence-electron chi connectivity index (χ3n) is 4.33. The highest BCUT2D eigenvalue weighted by Gasteiger charge is 2.27. The van der Waals surface area contributed by atoms with Gasteiger partial charge < -0.3 is 15.7 Å². The number of carbonyl (C=O) groups is 2. The van der Waals surface area contributed by atoms with Crippen LogP contribution in [0.15, 0.2) is 30.3 Å². The van der Waals surface area contributed by atoms with Gasteiger partial charge in [0.1, 0.15) is 0 Å². The van der Waals surface area contributed by atoms with E-state index in [9.17, 15) is 9.59 Å². The van der Waals surface area contributed by atoms with E-state index in [1.807, 2.05) is 37.3 Å². The summed E-state index contributed by atoms with van der Waals surface area (Å²) in [6.07, 6.45) is 3.55. The van der Waals surface area contributed by atoms with Crippen LogP contribution in [-0.4, -0.2) is 23.1 Å². The maximum absolute atomic E-state index is 12.1. The van der Waals surface area contributed by atoms with E-state index in [4.69, 9.17) is 5.11 Å². The minimum Gasteiger partial charge on any atom is -0.481 e. The Labute approximate surface area is 131 Å². The Hall–Kier alpha value is -2.04. The average Bonchev–Trinajstić information content (AvgIpc) is 2.54. The summed E-state index contributed by atoms with van der Waals surface area (Å²) >= 11 is 0. The predicted octanol–water partition coefficient (Wildman–Crippen LogP) is 3.08. The molecule has 1 fully saturated rings. The molecule has 5 heteroatoms. The molecule has 0 heterocycles. The van der Waals surface area contributed by atoms with Gasteiger partial charge in [0.2, 0.25) is 0 Å². The number of urea groups is 1. The fourth-order valence-electron chi connectivity index (χ4n) is 2.98. The molecule has 2 rings (SSSR count). The van der Waals surface area contributed by atoms with Gasteiger partial charge in [-0.3, -0.25) is 4.79 Å². The van der Waals surface area contributed by atoms with Crippen molar-refractivity contribution in [3.05, 3.63) is 35.9 Å². The zero-order valence-electron chi connectivity index (χ0n) is 12.9. The summed E-state index contributed by atoms with van der Waals surface area (Å²) in [5, 5.41) is 15.0. The molecule has 2 amide bonds. The molecule has 0 aromatic heterocycles. The number of carboxylic acid groups (broad SMARTS) is 1. The molecule has 1 aliphatic rings. The molecule has 1 aromatic rings. The number of benzene rings is 1. The molecule has 22 heavy (non-hydrogen) atoms. The van der Waals surface area contributed by atoms with E-state index >= 15 is 0 Å². The lowest BCUT2D eigenvalue weighted by Gasteiger charge is -2.28. The second-order valence-electron chi connectivity index (χ2n) is 5.88. The van der Waals surface area contributed by atoms with E-state index in [2.05, 4.69) is 10.6 Å². The standard InChI is InChI=1S/C17H24N2O3/c1-2-15(12-6-4-3-5-7-12)19-17(22)18-14-10-8-13(9-11-14)16(20)21/h3-7,13-15H,2,8-11H2,1H3,(H,20,21)(H2,18,19,22). The first-order chi connectivity index (χ1) is 10.6. The van der Waals surface area contributed by atoms with Gasteiger partial charge in [0.15, 0.2) is 0 Å². The van der Waals surface area contributed by atoms with Crippen molar-refractivity contribution < 1.29 is 14.7 Å². The lowest BCUT2D eigenvalue weighted by molar-refractivity contribution is -0.142. The Morgan fingerprint density at radius 2 is 1.82 bits per heavy atom. The largest absolute Gasteiger partial charge is 0.481 e. The van der Waals surface area contributed by atoms with Crippen molar-refractivity contribution in [2.45, 2.75) is 51.1 Å². The topological polar surface area (TPSA) is 78.4 Å².